The summed E-state index contributed by atoms with van der Waals surface area (Å²) in [5.41, 5.74) is 8.05. The Balaban J connectivity index is 1.21. The van der Waals surface area contributed by atoms with Crippen LogP contribution in [0.15, 0.2) is 162 Å². The SMILES string of the molecule is C1=CCC(c2ccc(-c3nc(-c4ccc(-c5ccccc5)cc4)nc(-c4cccc5oc6cc7ccccc7cc6c45)n3)cc2)C=C1. The van der Waals surface area contributed by atoms with Crippen LogP contribution in [0.3, 0.4) is 0 Å². The van der Waals surface area contributed by atoms with Gasteiger partial charge in [-0.15, -0.1) is 0 Å². The molecule has 0 N–H and O–H groups in total. The Kier molecular flexibility index (Phi) is 6.57. The van der Waals surface area contributed by atoms with Gasteiger partial charge in [0.25, 0.3) is 0 Å². The molecule has 1 aliphatic carbocycles. The average molecular weight is 604 g/mol. The van der Waals surface area contributed by atoms with E-state index in [0.29, 0.717) is 23.4 Å². The summed E-state index contributed by atoms with van der Waals surface area (Å²) >= 11 is 0. The van der Waals surface area contributed by atoms with E-state index >= 15 is 0 Å². The maximum Gasteiger partial charge on any atom is 0.164 e. The Labute approximate surface area is 272 Å². The van der Waals surface area contributed by atoms with Crippen molar-refractivity contribution in [1.82, 2.24) is 15.0 Å². The minimum absolute atomic E-state index is 0.379. The van der Waals surface area contributed by atoms with Gasteiger partial charge >= 0.3 is 0 Å². The lowest BCUT2D eigenvalue weighted by Crippen LogP contribution is -2.01. The molecule has 0 aliphatic heterocycles. The second-order valence-electron chi connectivity index (χ2n) is 12.0. The van der Waals surface area contributed by atoms with Gasteiger partial charge in [0.2, 0.25) is 0 Å². The van der Waals surface area contributed by atoms with E-state index in [4.69, 9.17) is 19.4 Å². The summed E-state index contributed by atoms with van der Waals surface area (Å²) in [6.07, 6.45) is 9.71. The molecular weight excluding hydrogens is 574 g/mol. The van der Waals surface area contributed by atoms with Gasteiger partial charge < -0.3 is 4.42 Å². The molecule has 0 fully saturated rings. The maximum absolute atomic E-state index is 6.40. The summed E-state index contributed by atoms with van der Waals surface area (Å²) in [6, 6.07) is 46.3. The first-order valence-corrected chi connectivity index (χ1v) is 16.0. The van der Waals surface area contributed by atoms with Crippen molar-refractivity contribution in [2.75, 3.05) is 0 Å². The zero-order valence-corrected chi connectivity index (χ0v) is 25.5. The fraction of sp³-hybridized carbons (Fsp3) is 0.0465. The summed E-state index contributed by atoms with van der Waals surface area (Å²) in [5.74, 6) is 2.26. The molecule has 47 heavy (non-hydrogen) atoms. The lowest BCUT2D eigenvalue weighted by molar-refractivity contribution is 0.669. The lowest BCUT2D eigenvalue weighted by atomic mass is 9.92. The van der Waals surface area contributed by atoms with E-state index in [-0.39, 0.29) is 0 Å². The van der Waals surface area contributed by atoms with Crippen LogP contribution >= 0.6 is 0 Å². The van der Waals surface area contributed by atoms with Crippen LogP contribution in [0.5, 0.6) is 0 Å². The molecule has 0 radical (unpaired) electrons. The third-order valence-corrected chi connectivity index (χ3v) is 9.07. The molecule has 222 valence electrons. The van der Waals surface area contributed by atoms with Gasteiger partial charge in [0.05, 0.1) is 0 Å². The number of benzene rings is 6. The molecule has 0 bridgehead atoms. The van der Waals surface area contributed by atoms with Gasteiger partial charge in [0.15, 0.2) is 17.5 Å². The molecule has 1 atom stereocenters. The molecular formula is C43H29N3O. The number of hydrogen-bond acceptors (Lipinski definition) is 4. The summed E-state index contributed by atoms with van der Waals surface area (Å²) in [7, 11) is 0. The van der Waals surface area contributed by atoms with E-state index in [2.05, 4.69) is 140 Å². The standard InChI is InChI=1S/C43H29N3O/c1-3-10-28(11-4-1)30-18-22-32(23-19-30)41-44-42(33-24-20-31(21-25-33)29-12-5-2-6-13-29)46-43(45-41)36-16-9-17-38-40(36)37-26-34-14-7-8-15-35(34)27-39(37)47-38/h1-12,14-27,29H,13H2. The van der Waals surface area contributed by atoms with Crippen molar-refractivity contribution in [2.45, 2.75) is 12.3 Å². The number of allylic oxidation sites excluding steroid dienone is 4. The van der Waals surface area contributed by atoms with Crippen LogP contribution in [0.1, 0.15) is 17.9 Å². The van der Waals surface area contributed by atoms with Crippen LogP contribution in [0.4, 0.5) is 0 Å². The molecule has 0 saturated heterocycles. The molecule has 4 heteroatoms. The Morgan fingerprint density at radius 2 is 1.15 bits per heavy atom. The van der Waals surface area contributed by atoms with Gasteiger partial charge in [-0.1, -0.05) is 140 Å². The van der Waals surface area contributed by atoms with Gasteiger partial charge in [-0.05, 0) is 52.1 Å². The average Bonchev–Trinajstić information content (AvgIpc) is 3.52. The third kappa shape index (κ3) is 5.01. The van der Waals surface area contributed by atoms with Crippen LogP contribution < -0.4 is 0 Å². The molecule has 0 amide bonds. The van der Waals surface area contributed by atoms with E-state index in [1.54, 1.807) is 0 Å². The van der Waals surface area contributed by atoms with Crippen LogP contribution in [-0.4, -0.2) is 15.0 Å². The zero-order chi connectivity index (χ0) is 31.2. The van der Waals surface area contributed by atoms with Crippen molar-refractivity contribution < 1.29 is 4.42 Å². The van der Waals surface area contributed by atoms with Gasteiger partial charge in [0.1, 0.15) is 11.2 Å². The number of aromatic nitrogens is 3. The van der Waals surface area contributed by atoms with Crippen LogP contribution in [0, 0.1) is 0 Å². The van der Waals surface area contributed by atoms with Crippen molar-refractivity contribution in [1.29, 1.82) is 0 Å². The van der Waals surface area contributed by atoms with Crippen molar-refractivity contribution in [3.8, 4) is 45.3 Å². The summed E-state index contributed by atoms with van der Waals surface area (Å²) in [6.45, 7) is 0. The first-order valence-electron chi connectivity index (χ1n) is 16.0. The molecule has 8 aromatic rings. The van der Waals surface area contributed by atoms with E-state index in [0.717, 1.165) is 61.4 Å². The monoisotopic (exact) mass is 603 g/mol. The highest BCUT2D eigenvalue weighted by molar-refractivity contribution is 6.15. The normalized spacial score (nSPS) is 14.3. The Morgan fingerprint density at radius 1 is 0.511 bits per heavy atom. The highest BCUT2D eigenvalue weighted by Crippen LogP contribution is 2.38. The first kappa shape index (κ1) is 27.2. The van der Waals surface area contributed by atoms with E-state index < -0.39 is 0 Å². The molecule has 2 heterocycles. The zero-order valence-electron chi connectivity index (χ0n) is 25.5. The van der Waals surface area contributed by atoms with Crippen LogP contribution in [0.25, 0.3) is 78.0 Å². The number of rotatable bonds is 5. The number of fused-ring (bicyclic) bond motifs is 4. The van der Waals surface area contributed by atoms with Crippen molar-refractivity contribution in [2.24, 2.45) is 0 Å². The summed E-state index contributed by atoms with van der Waals surface area (Å²) in [5, 5.41) is 4.36. The number of furan rings is 1. The third-order valence-electron chi connectivity index (χ3n) is 9.07. The fourth-order valence-electron chi connectivity index (χ4n) is 6.60. The topological polar surface area (TPSA) is 51.8 Å². The molecule has 0 spiro atoms. The second kappa shape index (κ2) is 11.3. The van der Waals surface area contributed by atoms with E-state index in [9.17, 15) is 0 Å². The smallest absolute Gasteiger partial charge is 0.164 e. The predicted molar refractivity (Wildman–Crippen MR) is 192 cm³/mol. The molecule has 4 nitrogen and oxygen atoms in total. The minimum Gasteiger partial charge on any atom is -0.456 e. The van der Waals surface area contributed by atoms with Gasteiger partial charge in [-0.2, -0.15) is 0 Å². The van der Waals surface area contributed by atoms with Gasteiger partial charge in [-0.3, -0.25) is 0 Å². The van der Waals surface area contributed by atoms with Crippen LogP contribution in [0.2, 0.25) is 0 Å². The predicted octanol–water partition coefficient (Wildman–Crippen LogP) is 11.2. The first-order chi connectivity index (χ1) is 23.3. The highest BCUT2D eigenvalue weighted by Gasteiger charge is 2.19. The molecule has 1 unspecified atom stereocenters. The lowest BCUT2D eigenvalue weighted by Gasteiger charge is -2.14. The van der Waals surface area contributed by atoms with Gasteiger partial charge in [0, 0.05) is 33.4 Å². The van der Waals surface area contributed by atoms with Crippen molar-refractivity contribution >= 4 is 32.7 Å². The van der Waals surface area contributed by atoms with Crippen molar-refractivity contribution in [3.05, 3.63) is 163 Å². The maximum atomic E-state index is 6.40. The number of hydrogen-bond donors (Lipinski definition) is 0. The highest BCUT2D eigenvalue weighted by atomic mass is 16.3. The Bertz CT molecular complexity index is 2470. The quantitative estimate of drug-likeness (QED) is 0.196. The van der Waals surface area contributed by atoms with Crippen LogP contribution in [-0.2, 0) is 0 Å². The molecule has 9 rings (SSSR count). The largest absolute Gasteiger partial charge is 0.456 e. The summed E-state index contributed by atoms with van der Waals surface area (Å²) in [4.78, 5) is 15.3. The molecule has 1 aliphatic rings. The van der Waals surface area contributed by atoms with E-state index in [1.807, 2.05) is 18.2 Å². The van der Waals surface area contributed by atoms with Gasteiger partial charge in [-0.25, -0.2) is 15.0 Å². The Morgan fingerprint density at radius 3 is 1.87 bits per heavy atom. The number of nitrogens with zero attached hydrogens (tertiary/aromatic N) is 3. The minimum atomic E-state index is 0.379. The molecule has 2 aromatic heterocycles. The second-order valence-corrected chi connectivity index (χ2v) is 12.0. The fourth-order valence-corrected chi connectivity index (χ4v) is 6.60. The van der Waals surface area contributed by atoms with Crippen molar-refractivity contribution in [3.63, 3.8) is 0 Å². The molecule has 0 saturated carbocycles. The summed E-state index contributed by atoms with van der Waals surface area (Å²) < 4.78 is 6.40. The van der Waals surface area contributed by atoms with E-state index in [1.165, 1.54) is 11.1 Å². The molecule has 6 aromatic carbocycles. The Hall–Kier alpha value is -6.13.